The van der Waals surface area contributed by atoms with Crippen molar-refractivity contribution in [3.05, 3.63) is 59.7 Å². The van der Waals surface area contributed by atoms with Crippen LogP contribution in [0.1, 0.15) is 55.5 Å². The minimum Gasteiger partial charge on any atom is -0.494 e. The van der Waals surface area contributed by atoms with Crippen LogP contribution in [-0.4, -0.2) is 25.1 Å². The first-order valence-corrected chi connectivity index (χ1v) is 9.30. The van der Waals surface area contributed by atoms with Gasteiger partial charge >= 0.3 is 5.97 Å². The quantitative estimate of drug-likeness (QED) is 0.510. The molecule has 2 rings (SSSR count). The van der Waals surface area contributed by atoms with E-state index in [1.165, 1.54) is 0 Å². The van der Waals surface area contributed by atoms with Crippen LogP contribution in [0.4, 0.5) is 5.69 Å². The Morgan fingerprint density at radius 2 is 1.74 bits per heavy atom. The molecule has 0 saturated carbocycles. The van der Waals surface area contributed by atoms with E-state index in [1.807, 2.05) is 24.3 Å². The molecule has 5 nitrogen and oxygen atoms in total. The Labute approximate surface area is 160 Å². The second kappa shape index (κ2) is 10.4. The SMILES string of the molecule is CCCCOc1ccc(C(=O)OCC(=O)Nc2ccccc2C(C)C)cc1. The van der Waals surface area contributed by atoms with Crippen molar-refractivity contribution in [2.24, 2.45) is 0 Å². The van der Waals surface area contributed by atoms with Crippen LogP contribution in [0.25, 0.3) is 0 Å². The predicted molar refractivity (Wildman–Crippen MR) is 106 cm³/mol. The highest BCUT2D eigenvalue weighted by Crippen LogP contribution is 2.23. The number of nitrogens with one attached hydrogen (secondary N) is 1. The van der Waals surface area contributed by atoms with E-state index in [-0.39, 0.29) is 18.4 Å². The van der Waals surface area contributed by atoms with Gasteiger partial charge in [-0.1, -0.05) is 45.4 Å². The van der Waals surface area contributed by atoms with E-state index >= 15 is 0 Å². The first-order valence-electron chi connectivity index (χ1n) is 9.30. The third-order valence-electron chi connectivity index (χ3n) is 4.05. The molecule has 1 N–H and O–H groups in total. The number of para-hydroxylation sites is 1. The van der Waals surface area contributed by atoms with Crippen LogP contribution in [0, 0.1) is 0 Å². The standard InChI is InChI=1S/C22H27NO4/c1-4-5-14-26-18-12-10-17(11-13-18)22(25)27-15-21(24)23-20-9-7-6-8-19(20)16(2)3/h6-13,16H,4-5,14-15H2,1-3H3,(H,23,24). The highest BCUT2D eigenvalue weighted by molar-refractivity contribution is 5.96. The maximum absolute atomic E-state index is 12.1. The third-order valence-corrected chi connectivity index (χ3v) is 4.05. The molecule has 0 unspecified atom stereocenters. The van der Waals surface area contributed by atoms with Crippen LogP contribution < -0.4 is 10.1 Å². The van der Waals surface area contributed by atoms with E-state index in [2.05, 4.69) is 26.1 Å². The molecule has 144 valence electrons. The molecule has 0 atom stereocenters. The second-order valence-electron chi connectivity index (χ2n) is 6.59. The molecule has 0 aromatic heterocycles. The number of anilines is 1. The van der Waals surface area contributed by atoms with E-state index < -0.39 is 5.97 Å². The summed E-state index contributed by atoms with van der Waals surface area (Å²) in [6, 6.07) is 14.3. The van der Waals surface area contributed by atoms with Crippen molar-refractivity contribution in [2.45, 2.75) is 39.5 Å². The lowest BCUT2D eigenvalue weighted by atomic mass is 10.0. The van der Waals surface area contributed by atoms with E-state index in [0.717, 1.165) is 24.1 Å². The fourth-order valence-corrected chi connectivity index (χ4v) is 2.54. The summed E-state index contributed by atoms with van der Waals surface area (Å²) in [7, 11) is 0. The number of carbonyl (C=O) groups excluding carboxylic acids is 2. The van der Waals surface area contributed by atoms with Crippen molar-refractivity contribution in [3.8, 4) is 5.75 Å². The second-order valence-corrected chi connectivity index (χ2v) is 6.59. The van der Waals surface area contributed by atoms with Crippen molar-refractivity contribution in [1.82, 2.24) is 0 Å². The first kappa shape index (κ1) is 20.5. The maximum atomic E-state index is 12.1. The Bertz CT molecular complexity index is 753. The summed E-state index contributed by atoms with van der Waals surface area (Å²) in [6.07, 6.45) is 2.05. The van der Waals surface area contributed by atoms with Crippen LogP contribution in [-0.2, 0) is 9.53 Å². The smallest absolute Gasteiger partial charge is 0.338 e. The number of esters is 1. The lowest BCUT2D eigenvalue weighted by Crippen LogP contribution is -2.21. The Hall–Kier alpha value is -2.82. The fourth-order valence-electron chi connectivity index (χ4n) is 2.54. The van der Waals surface area contributed by atoms with Gasteiger partial charge in [-0.05, 0) is 48.2 Å². The van der Waals surface area contributed by atoms with Crippen LogP contribution in [0.2, 0.25) is 0 Å². The molecule has 0 aliphatic rings. The molecule has 27 heavy (non-hydrogen) atoms. The topological polar surface area (TPSA) is 64.6 Å². The van der Waals surface area contributed by atoms with E-state index in [9.17, 15) is 9.59 Å². The molecule has 0 bridgehead atoms. The summed E-state index contributed by atoms with van der Waals surface area (Å²) in [5.74, 6) is 0.0866. The fraction of sp³-hybridized carbons (Fsp3) is 0.364. The molecule has 5 heteroatoms. The van der Waals surface area contributed by atoms with E-state index in [1.54, 1.807) is 24.3 Å². The average Bonchev–Trinajstić information content (AvgIpc) is 2.67. The zero-order valence-electron chi connectivity index (χ0n) is 16.2. The monoisotopic (exact) mass is 369 g/mol. The number of hydrogen-bond acceptors (Lipinski definition) is 4. The first-order chi connectivity index (χ1) is 13.0. The van der Waals surface area contributed by atoms with Crippen molar-refractivity contribution in [1.29, 1.82) is 0 Å². The summed E-state index contributed by atoms with van der Waals surface area (Å²) in [5, 5.41) is 2.80. The largest absolute Gasteiger partial charge is 0.494 e. The van der Waals surface area contributed by atoms with Crippen LogP contribution in [0.5, 0.6) is 5.75 Å². The van der Waals surface area contributed by atoms with Crippen LogP contribution >= 0.6 is 0 Å². The molecule has 0 aliphatic heterocycles. The van der Waals surface area contributed by atoms with Gasteiger partial charge in [-0.2, -0.15) is 0 Å². The van der Waals surface area contributed by atoms with Crippen molar-refractivity contribution < 1.29 is 19.1 Å². The minimum absolute atomic E-state index is 0.280. The molecule has 0 fully saturated rings. The minimum atomic E-state index is -0.539. The molecule has 1 amide bonds. The summed E-state index contributed by atoms with van der Waals surface area (Å²) in [4.78, 5) is 24.2. The summed E-state index contributed by atoms with van der Waals surface area (Å²) >= 11 is 0. The molecule has 0 aliphatic carbocycles. The Morgan fingerprint density at radius 3 is 2.41 bits per heavy atom. The highest BCUT2D eigenvalue weighted by Gasteiger charge is 2.13. The predicted octanol–water partition coefficient (Wildman–Crippen LogP) is 4.78. The molecule has 0 radical (unpaired) electrons. The van der Waals surface area contributed by atoms with Gasteiger partial charge in [-0.25, -0.2) is 4.79 Å². The number of carbonyl (C=O) groups is 2. The van der Waals surface area contributed by atoms with Crippen molar-refractivity contribution >= 4 is 17.6 Å². The van der Waals surface area contributed by atoms with Gasteiger partial charge in [0.15, 0.2) is 6.61 Å². The van der Waals surface area contributed by atoms with Gasteiger partial charge < -0.3 is 14.8 Å². The normalized spacial score (nSPS) is 10.5. The lowest BCUT2D eigenvalue weighted by molar-refractivity contribution is -0.119. The molecule has 0 heterocycles. The number of benzene rings is 2. The van der Waals surface area contributed by atoms with Crippen molar-refractivity contribution in [3.63, 3.8) is 0 Å². The molecular weight excluding hydrogens is 342 g/mol. The molecule has 0 saturated heterocycles. The molecule has 0 spiro atoms. The van der Waals surface area contributed by atoms with Gasteiger partial charge in [0, 0.05) is 5.69 Å². The molecule has 2 aromatic rings. The van der Waals surface area contributed by atoms with Gasteiger partial charge in [0.05, 0.1) is 12.2 Å². The Kier molecular flexibility index (Phi) is 7.86. The molecule has 2 aromatic carbocycles. The number of rotatable bonds is 9. The van der Waals surface area contributed by atoms with Gasteiger partial charge in [0.1, 0.15) is 5.75 Å². The van der Waals surface area contributed by atoms with Crippen LogP contribution in [0.3, 0.4) is 0 Å². The third kappa shape index (κ3) is 6.44. The zero-order valence-corrected chi connectivity index (χ0v) is 16.2. The van der Waals surface area contributed by atoms with Crippen molar-refractivity contribution in [2.75, 3.05) is 18.5 Å². The number of amides is 1. The van der Waals surface area contributed by atoms with Gasteiger partial charge in [0.2, 0.25) is 0 Å². The Balaban J connectivity index is 1.85. The summed E-state index contributed by atoms with van der Waals surface area (Å²) < 4.78 is 10.7. The average molecular weight is 369 g/mol. The highest BCUT2D eigenvalue weighted by atomic mass is 16.5. The number of hydrogen-bond donors (Lipinski definition) is 1. The number of unbranched alkanes of at least 4 members (excludes halogenated alkanes) is 1. The zero-order chi connectivity index (χ0) is 19.6. The summed E-state index contributed by atoms with van der Waals surface area (Å²) in [6.45, 7) is 6.53. The van der Waals surface area contributed by atoms with Gasteiger partial charge in [-0.3, -0.25) is 4.79 Å². The van der Waals surface area contributed by atoms with Crippen LogP contribution in [0.15, 0.2) is 48.5 Å². The van der Waals surface area contributed by atoms with Gasteiger partial charge in [-0.15, -0.1) is 0 Å². The maximum Gasteiger partial charge on any atom is 0.338 e. The Morgan fingerprint density at radius 1 is 1.04 bits per heavy atom. The lowest BCUT2D eigenvalue weighted by Gasteiger charge is -2.13. The van der Waals surface area contributed by atoms with E-state index in [0.29, 0.717) is 17.9 Å². The van der Waals surface area contributed by atoms with Gasteiger partial charge in [0.25, 0.3) is 5.91 Å². The number of ether oxygens (including phenoxy) is 2. The van der Waals surface area contributed by atoms with E-state index in [4.69, 9.17) is 9.47 Å². The molecular formula is C22H27NO4. The summed E-state index contributed by atoms with van der Waals surface area (Å²) in [5.41, 5.74) is 2.16.